The van der Waals surface area contributed by atoms with Crippen molar-refractivity contribution in [3.8, 4) is 11.5 Å². The molecule has 0 radical (unpaired) electrons. The van der Waals surface area contributed by atoms with Gasteiger partial charge in [0.1, 0.15) is 0 Å². The third kappa shape index (κ3) is 1.74. The second kappa shape index (κ2) is 3.96. The van der Waals surface area contributed by atoms with E-state index in [1.807, 2.05) is 18.3 Å². The molecule has 0 saturated carbocycles. The van der Waals surface area contributed by atoms with E-state index in [0.29, 0.717) is 5.92 Å². The van der Waals surface area contributed by atoms with E-state index < -0.39 is 0 Å². The first kappa shape index (κ1) is 10.5. The second-order valence-electron chi connectivity index (χ2n) is 4.70. The third-order valence-electron chi connectivity index (χ3n) is 3.10. The molecule has 0 spiro atoms. The van der Waals surface area contributed by atoms with E-state index in [1.54, 1.807) is 0 Å². The van der Waals surface area contributed by atoms with Gasteiger partial charge in [0.15, 0.2) is 5.82 Å². The fourth-order valence-electron chi connectivity index (χ4n) is 2.26. The number of rotatable bonds is 2. The van der Waals surface area contributed by atoms with Gasteiger partial charge in [-0.3, -0.25) is 0 Å². The van der Waals surface area contributed by atoms with Crippen molar-refractivity contribution in [1.82, 2.24) is 20.3 Å². The zero-order chi connectivity index (χ0) is 11.8. The van der Waals surface area contributed by atoms with E-state index in [0.717, 1.165) is 30.3 Å². The molecule has 88 valence electrons. The van der Waals surface area contributed by atoms with Crippen LogP contribution in [0.5, 0.6) is 0 Å². The zero-order valence-electron chi connectivity index (χ0n) is 10.1. The molecule has 0 atom stereocenters. The van der Waals surface area contributed by atoms with Gasteiger partial charge in [0.25, 0.3) is 0 Å². The summed E-state index contributed by atoms with van der Waals surface area (Å²) >= 11 is 0. The third-order valence-corrected chi connectivity index (χ3v) is 3.10. The lowest BCUT2D eigenvalue weighted by molar-refractivity contribution is 0.746. The molecule has 3 rings (SSSR count). The number of aromatic amines is 1. The average Bonchev–Trinajstić information content (AvgIpc) is 2.98. The van der Waals surface area contributed by atoms with Crippen LogP contribution in [-0.2, 0) is 13.1 Å². The second-order valence-corrected chi connectivity index (χ2v) is 4.70. The maximum Gasteiger partial charge on any atom is 0.176 e. The monoisotopic (exact) mass is 228 g/mol. The molecule has 4 heteroatoms. The molecule has 2 aromatic rings. The topological polar surface area (TPSA) is 53.6 Å². The minimum atomic E-state index is 0.431. The standard InChI is InChI=1S/C13H16N4/c1-8(2)12-9-6-14-7-11(9)16-13(17-12)10-4-3-5-15-10/h3-5,8,14-15H,6-7H2,1-2H3. The fraction of sp³-hybridized carbons (Fsp3) is 0.385. The number of fused-ring (bicyclic) bond motifs is 1. The smallest absolute Gasteiger partial charge is 0.176 e. The summed E-state index contributed by atoms with van der Waals surface area (Å²) in [4.78, 5) is 12.5. The van der Waals surface area contributed by atoms with Gasteiger partial charge >= 0.3 is 0 Å². The van der Waals surface area contributed by atoms with Gasteiger partial charge in [0.2, 0.25) is 0 Å². The number of hydrogen-bond acceptors (Lipinski definition) is 3. The summed E-state index contributed by atoms with van der Waals surface area (Å²) in [6.45, 7) is 6.11. The molecule has 1 aliphatic rings. The molecule has 4 nitrogen and oxygen atoms in total. The van der Waals surface area contributed by atoms with Gasteiger partial charge in [-0.2, -0.15) is 0 Å². The molecule has 0 amide bonds. The van der Waals surface area contributed by atoms with Crippen molar-refractivity contribution in [2.45, 2.75) is 32.9 Å². The van der Waals surface area contributed by atoms with Crippen LogP contribution in [0.1, 0.15) is 36.7 Å². The molecule has 0 fully saturated rings. The van der Waals surface area contributed by atoms with Crippen molar-refractivity contribution in [1.29, 1.82) is 0 Å². The normalized spacial score (nSPS) is 14.3. The molecule has 0 aromatic carbocycles. The number of nitrogens with zero attached hydrogens (tertiary/aromatic N) is 2. The van der Waals surface area contributed by atoms with Crippen LogP contribution in [0.15, 0.2) is 18.3 Å². The Morgan fingerprint density at radius 1 is 1.24 bits per heavy atom. The Hall–Kier alpha value is -1.68. The lowest BCUT2D eigenvalue weighted by Gasteiger charge is -2.11. The highest BCUT2D eigenvalue weighted by Gasteiger charge is 2.21. The Morgan fingerprint density at radius 2 is 2.12 bits per heavy atom. The van der Waals surface area contributed by atoms with E-state index in [1.165, 1.54) is 11.3 Å². The van der Waals surface area contributed by atoms with Crippen LogP contribution in [0.4, 0.5) is 0 Å². The maximum absolute atomic E-state index is 4.70. The Balaban J connectivity index is 2.16. The van der Waals surface area contributed by atoms with Gasteiger partial charge in [0.05, 0.1) is 17.1 Å². The van der Waals surface area contributed by atoms with Gasteiger partial charge in [-0.05, 0) is 18.1 Å². The molecule has 0 aliphatic carbocycles. The summed E-state index contributed by atoms with van der Waals surface area (Å²) in [6.07, 6.45) is 1.90. The highest BCUT2D eigenvalue weighted by molar-refractivity contribution is 5.51. The first-order chi connectivity index (χ1) is 8.25. The van der Waals surface area contributed by atoms with Crippen LogP contribution in [-0.4, -0.2) is 15.0 Å². The number of nitrogens with one attached hydrogen (secondary N) is 2. The van der Waals surface area contributed by atoms with Gasteiger partial charge < -0.3 is 10.3 Å². The number of H-pyrrole nitrogens is 1. The predicted octanol–water partition coefficient (Wildman–Crippen LogP) is 2.20. The molecule has 0 saturated heterocycles. The van der Waals surface area contributed by atoms with Crippen LogP contribution < -0.4 is 5.32 Å². The average molecular weight is 228 g/mol. The van der Waals surface area contributed by atoms with Gasteiger partial charge in [-0.15, -0.1) is 0 Å². The van der Waals surface area contributed by atoms with Crippen molar-refractivity contribution < 1.29 is 0 Å². The molecule has 2 aromatic heterocycles. The first-order valence-electron chi connectivity index (χ1n) is 6.00. The van der Waals surface area contributed by atoms with Gasteiger partial charge in [-0.25, -0.2) is 9.97 Å². The Labute approximate surface area is 101 Å². The minimum absolute atomic E-state index is 0.431. The van der Waals surface area contributed by atoms with Crippen LogP contribution in [0, 0.1) is 0 Å². The van der Waals surface area contributed by atoms with Gasteiger partial charge in [0, 0.05) is 24.8 Å². The lowest BCUT2D eigenvalue weighted by atomic mass is 10.0. The minimum Gasteiger partial charge on any atom is -0.359 e. The summed E-state index contributed by atoms with van der Waals surface area (Å²) in [6, 6.07) is 3.98. The number of aromatic nitrogens is 3. The predicted molar refractivity (Wildman–Crippen MR) is 66.5 cm³/mol. The number of hydrogen-bond donors (Lipinski definition) is 2. The molecule has 0 bridgehead atoms. The van der Waals surface area contributed by atoms with Crippen LogP contribution in [0.2, 0.25) is 0 Å². The van der Waals surface area contributed by atoms with Crippen molar-refractivity contribution in [3.63, 3.8) is 0 Å². The van der Waals surface area contributed by atoms with Crippen molar-refractivity contribution in [2.24, 2.45) is 0 Å². The summed E-state index contributed by atoms with van der Waals surface area (Å²) < 4.78 is 0. The summed E-state index contributed by atoms with van der Waals surface area (Å²) in [5.74, 6) is 1.24. The molecule has 1 aliphatic heterocycles. The first-order valence-corrected chi connectivity index (χ1v) is 6.00. The van der Waals surface area contributed by atoms with E-state index in [2.05, 4.69) is 29.1 Å². The molecule has 17 heavy (non-hydrogen) atoms. The van der Waals surface area contributed by atoms with Crippen LogP contribution >= 0.6 is 0 Å². The van der Waals surface area contributed by atoms with E-state index in [-0.39, 0.29) is 0 Å². The molecule has 3 heterocycles. The highest BCUT2D eigenvalue weighted by Crippen LogP contribution is 2.26. The Bertz CT molecular complexity index is 529. The highest BCUT2D eigenvalue weighted by atomic mass is 15.0. The van der Waals surface area contributed by atoms with E-state index in [9.17, 15) is 0 Å². The van der Waals surface area contributed by atoms with Crippen LogP contribution in [0.3, 0.4) is 0 Å². The zero-order valence-corrected chi connectivity index (χ0v) is 10.1. The fourth-order valence-corrected chi connectivity index (χ4v) is 2.26. The van der Waals surface area contributed by atoms with Crippen molar-refractivity contribution >= 4 is 0 Å². The quantitative estimate of drug-likeness (QED) is 0.828. The molecular formula is C13H16N4. The Morgan fingerprint density at radius 3 is 2.82 bits per heavy atom. The van der Waals surface area contributed by atoms with E-state index >= 15 is 0 Å². The largest absolute Gasteiger partial charge is 0.359 e. The molecular weight excluding hydrogens is 212 g/mol. The lowest BCUT2D eigenvalue weighted by Crippen LogP contribution is -2.05. The summed E-state index contributed by atoms with van der Waals surface area (Å²) in [5, 5.41) is 3.34. The molecule has 0 unspecified atom stereocenters. The summed E-state index contributed by atoms with van der Waals surface area (Å²) in [7, 11) is 0. The SMILES string of the molecule is CC(C)c1nc(-c2ccc[nH]2)nc2c1CNC2. The Kier molecular flexibility index (Phi) is 2.44. The summed E-state index contributed by atoms with van der Waals surface area (Å²) in [5.41, 5.74) is 4.59. The van der Waals surface area contributed by atoms with Crippen molar-refractivity contribution in [2.75, 3.05) is 0 Å². The maximum atomic E-state index is 4.70. The van der Waals surface area contributed by atoms with E-state index in [4.69, 9.17) is 4.98 Å². The molecule has 2 N–H and O–H groups in total. The van der Waals surface area contributed by atoms with Gasteiger partial charge in [-0.1, -0.05) is 13.8 Å². The van der Waals surface area contributed by atoms with Crippen molar-refractivity contribution in [3.05, 3.63) is 35.3 Å². The van der Waals surface area contributed by atoms with Crippen LogP contribution in [0.25, 0.3) is 11.5 Å².